The summed E-state index contributed by atoms with van der Waals surface area (Å²) in [6.07, 6.45) is -5.26. The molecule has 43 heavy (non-hydrogen) atoms. The molecule has 16 heteroatoms. The largest absolute Gasteiger partial charge is 0.506 e. The molecule has 2 heterocycles. The van der Waals surface area contributed by atoms with Crippen LogP contribution in [0.2, 0.25) is 0 Å². The van der Waals surface area contributed by atoms with Gasteiger partial charge in [-0.15, -0.1) is 0 Å². The molecule has 2 amide bonds. The van der Waals surface area contributed by atoms with Gasteiger partial charge in [0, 0.05) is 18.2 Å². The van der Waals surface area contributed by atoms with Gasteiger partial charge in [-0.3, -0.25) is 24.7 Å². The van der Waals surface area contributed by atoms with Crippen molar-refractivity contribution in [2.45, 2.75) is 70.7 Å². The lowest BCUT2D eigenvalue weighted by Crippen LogP contribution is -2.62. The summed E-state index contributed by atoms with van der Waals surface area (Å²) < 4.78 is 76.0. The number of aliphatic hydroxyl groups is 2. The van der Waals surface area contributed by atoms with Crippen molar-refractivity contribution >= 4 is 17.8 Å². The van der Waals surface area contributed by atoms with E-state index in [9.17, 15) is 51.7 Å². The number of carbonyl (C=O) groups excluding carboxylic acids is 3. The number of nitrogens with one attached hydrogen (secondary N) is 3. The number of amides is 2. The summed E-state index contributed by atoms with van der Waals surface area (Å²) >= 11 is 0. The molecule has 7 unspecified atom stereocenters. The van der Waals surface area contributed by atoms with Crippen molar-refractivity contribution < 1.29 is 56.4 Å². The molecule has 0 saturated carbocycles. The Morgan fingerprint density at radius 2 is 1.56 bits per heavy atom. The van der Waals surface area contributed by atoms with E-state index in [4.69, 9.17) is 4.74 Å². The number of esters is 1. The van der Waals surface area contributed by atoms with Crippen molar-refractivity contribution in [3.63, 3.8) is 0 Å². The zero-order chi connectivity index (χ0) is 32.3. The Bertz CT molecular complexity index is 1350. The first-order chi connectivity index (χ1) is 20.1. The van der Waals surface area contributed by atoms with Crippen LogP contribution >= 0.6 is 0 Å². The van der Waals surface area contributed by atoms with Crippen molar-refractivity contribution in [1.29, 1.82) is 0 Å². The van der Waals surface area contributed by atoms with Crippen LogP contribution in [0.25, 0.3) is 0 Å². The molecule has 1 saturated heterocycles. The number of cyclic esters (lactones) is 1. The van der Waals surface area contributed by atoms with Crippen molar-refractivity contribution in [3.05, 3.63) is 58.7 Å². The average molecular weight is 619 g/mol. The van der Waals surface area contributed by atoms with Crippen LogP contribution in [0.1, 0.15) is 45.2 Å². The molecule has 1 aliphatic heterocycles. The Hall–Kier alpha value is -3.89. The fraction of sp³-hybridized carbons (Fsp3) is 0.481. The first-order valence-corrected chi connectivity index (χ1v) is 13.1. The van der Waals surface area contributed by atoms with Crippen molar-refractivity contribution in [2.75, 3.05) is 0 Å². The SMILES string of the molecule is CC(C)C1OC(=O)C(C)C(O)C(Cc2c(F)c(F)c(F)c(F)c2F)NC(=O)C(NC(O)c2ncccc2O)C(C)NC1=O. The molecule has 1 aromatic carbocycles. The normalized spacial score (nSPS) is 26.2. The number of benzene rings is 1. The first kappa shape index (κ1) is 33.6. The van der Waals surface area contributed by atoms with Gasteiger partial charge in [0.1, 0.15) is 17.5 Å². The van der Waals surface area contributed by atoms with E-state index in [-0.39, 0.29) is 5.69 Å². The molecular formula is C27H31F5N4O7. The summed E-state index contributed by atoms with van der Waals surface area (Å²) in [6, 6.07) is -2.19. The van der Waals surface area contributed by atoms with Gasteiger partial charge in [0.25, 0.3) is 5.91 Å². The maximum Gasteiger partial charge on any atom is 0.312 e. The number of ether oxygens (including phenoxy) is 1. The van der Waals surface area contributed by atoms with Crippen molar-refractivity contribution in [1.82, 2.24) is 20.9 Å². The van der Waals surface area contributed by atoms with Crippen LogP contribution < -0.4 is 16.0 Å². The average Bonchev–Trinajstić information content (AvgIpc) is 2.96. The predicted molar refractivity (Wildman–Crippen MR) is 137 cm³/mol. The van der Waals surface area contributed by atoms with Gasteiger partial charge in [0.15, 0.2) is 35.6 Å². The molecule has 1 aromatic heterocycles. The highest BCUT2D eigenvalue weighted by Gasteiger charge is 2.41. The fourth-order valence-electron chi connectivity index (χ4n) is 4.50. The molecular weight excluding hydrogens is 587 g/mol. The first-order valence-electron chi connectivity index (χ1n) is 13.1. The van der Waals surface area contributed by atoms with Gasteiger partial charge >= 0.3 is 5.97 Å². The zero-order valence-corrected chi connectivity index (χ0v) is 23.4. The van der Waals surface area contributed by atoms with E-state index in [1.807, 2.05) is 0 Å². The quantitative estimate of drug-likeness (QED) is 0.0917. The van der Waals surface area contributed by atoms with E-state index in [0.29, 0.717) is 0 Å². The van der Waals surface area contributed by atoms with Gasteiger partial charge in [-0.05, 0) is 31.9 Å². The highest BCUT2D eigenvalue weighted by Crippen LogP contribution is 2.27. The topological polar surface area (TPSA) is 170 Å². The maximum atomic E-state index is 14.6. The van der Waals surface area contributed by atoms with Crippen LogP contribution in [0.5, 0.6) is 5.75 Å². The smallest absolute Gasteiger partial charge is 0.312 e. The van der Waals surface area contributed by atoms with E-state index in [1.165, 1.54) is 39.1 Å². The molecule has 7 atom stereocenters. The second-order valence-corrected chi connectivity index (χ2v) is 10.5. The molecule has 1 aliphatic rings. The lowest BCUT2D eigenvalue weighted by atomic mass is 9.91. The molecule has 0 bridgehead atoms. The summed E-state index contributed by atoms with van der Waals surface area (Å²) in [7, 11) is 0. The third-order valence-corrected chi connectivity index (χ3v) is 7.02. The lowest BCUT2D eigenvalue weighted by molar-refractivity contribution is -0.166. The van der Waals surface area contributed by atoms with Crippen LogP contribution in [-0.4, -0.2) is 68.4 Å². The Labute approximate surface area is 242 Å². The third kappa shape index (κ3) is 7.19. The van der Waals surface area contributed by atoms with Crippen LogP contribution in [-0.2, 0) is 25.5 Å². The summed E-state index contributed by atoms with van der Waals surface area (Å²) in [5, 5.41) is 39.0. The van der Waals surface area contributed by atoms with Gasteiger partial charge in [-0.2, -0.15) is 0 Å². The standard InChI is InChI=1S/C27H31F5N4O7/c1-9(2)23-26(41)34-11(4)20(36-25(40)21-14(37)6-5-7-33-21)24(39)35-13(22(38)10(3)27(42)43-23)8-12-15(28)17(30)19(32)18(31)16(12)29/h5-7,9-11,13,20,22-23,25,36-38,40H,8H2,1-4H3,(H,34,41)(H,35,39). The highest BCUT2D eigenvalue weighted by molar-refractivity contribution is 5.88. The van der Waals surface area contributed by atoms with Gasteiger partial charge < -0.3 is 30.7 Å². The number of aromatic hydroxyl groups is 1. The number of nitrogens with zero attached hydrogens (tertiary/aromatic N) is 1. The molecule has 236 valence electrons. The number of hydrogen-bond acceptors (Lipinski definition) is 9. The Morgan fingerprint density at radius 3 is 2.12 bits per heavy atom. The number of hydrogen-bond donors (Lipinski definition) is 6. The molecule has 0 radical (unpaired) electrons. The summed E-state index contributed by atoms with van der Waals surface area (Å²) in [5.41, 5.74) is -1.70. The highest BCUT2D eigenvalue weighted by atomic mass is 19.2. The Morgan fingerprint density at radius 1 is 0.977 bits per heavy atom. The Kier molecular flexibility index (Phi) is 10.6. The van der Waals surface area contributed by atoms with E-state index < -0.39 is 113 Å². The molecule has 1 fully saturated rings. The van der Waals surface area contributed by atoms with Crippen LogP contribution in [0.15, 0.2) is 18.3 Å². The molecule has 2 aromatic rings. The van der Waals surface area contributed by atoms with E-state index in [2.05, 4.69) is 20.9 Å². The van der Waals surface area contributed by atoms with Gasteiger partial charge in [0.05, 0.1) is 24.1 Å². The lowest BCUT2D eigenvalue weighted by Gasteiger charge is -2.35. The second kappa shape index (κ2) is 13.6. The zero-order valence-electron chi connectivity index (χ0n) is 23.4. The minimum atomic E-state index is -2.42. The van der Waals surface area contributed by atoms with Crippen LogP contribution in [0.4, 0.5) is 22.0 Å². The van der Waals surface area contributed by atoms with Crippen molar-refractivity contribution in [2.24, 2.45) is 11.8 Å². The van der Waals surface area contributed by atoms with E-state index in [0.717, 1.165) is 6.92 Å². The molecule has 11 nitrogen and oxygen atoms in total. The van der Waals surface area contributed by atoms with Gasteiger partial charge in [0.2, 0.25) is 11.7 Å². The molecule has 3 rings (SSSR count). The number of carbonyl (C=O) groups is 3. The number of halogens is 5. The van der Waals surface area contributed by atoms with Crippen LogP contribution in [0, 0.1) is 40.9 Å². The molecule has 6 N–H and O–H groups in total. The van der Waals surface area contributed by atoms with E-state index in [1.54, 1.807) is 0 Å². The number of aliphatic hydroxyl groups excluding tert-OH is 2. The number of pyridine rings is 1. The predicted octanol–water partition coefficient (Wildman–Crippen LogP) is 1.24. The monoisotopic (exact) mass is 618 g/mol. The summed E-state index contributed by atoms with van der Waals surface area (Å²) in [6.45, 7) is 5.50. The van der Waals surface area contributed by atoms with E-state index >= 15 is 0 Å². The number of rotatable bonds is 6. The molecule has 0 spiro atoms. The minimum Gasteiger partial charge on any atom is -0.506 e. The van der Waals surface area contributed by atoms with Crippen molar-refractivity contribution in [3.8, 4) is 5.75 Å². The maximum absolute atomic E-state index is 14.6. The summed E-state index contributed by atoms with van der Waals surface area (Å²) in [5.74, 6) is -17.2. The minimum absolute atomic E-state index is 0.319. The van der Waals surface area contributed by atoms with Gasteiger partial charge in [-0.25, -0.2) is 22.0 Å². The third-order valence-electron chi connectivity index (χ3n) is 7.02. The second-order valence-electron chi connectivity index (χ2n) is 10.5. The van der Waals surface area contributed by atoms with Crippen LogP contribution in [0.3, 0.4) is 0 Å². The Balaban J connectivity index is 2.09. The molecule has 0 aliphatic carbocycles. The fourth-order valence-corrected chi connectivity index (χ4v) is 4.50. The number of aromatic nitrogens is 1. The summed E-state index contributed by atoms with van der Waals surface area (Å²) in [4.78, 5) is 43.3. The van der Waals surface area contributed by atoms with Gasteiger partial charge in [-0.1, -0.05) is 13.8 Å².